The molecule has 2 aliphatic rings. The van der Waals surface area contributed by atoms with Crippen LogP contribution in [0.15, 0.2) is 30.6 Å². The van der Waals surface area contributed by atoms with E-state index < -0.39 is 0 Å². The van der Waals surface area contributed by atoms with Crippen molar-refractivity contribution in [3.63, 3.8) is 0 Å². The molecule has 6 heteroatoms. The molecule has 3 heterocycles. The minimum absolute atomic E-state index is 0.0143. The first-order valence-corrected chi connectivity index (χ1v) is 8.08. The van der Waals surface area contributed by atoms with Crippen LogP contribution in [0.2, 0.25) is 0 Å². The largest absolute Gasteiger partial charge is 0.494 e. The second-order valence-electron chi connectivity index (χ2n) is 5.97. The van der Waals surface area contributed by atoms with Crippen LogP contribution in [0.5, 0.6) is 5.75 Å². The zero-order chi connectivity index (χ0) is 15.6. The van der Waals surface area contributed by atoms with Gasteiger partial charge in [-0.05, 0) is 24.1 Å². The third-order valence-electron chi connectivity index (χ3n) is 4.36. The minimum Gasteiger partial charge on any atom is -0.494 e. The van der Waals surface area contributed by atoms with E-state index in [1.54, 1.807) is 6.33 Å². The number of carbonyl (C=O) groups excluding carboxylic acids is 1. The Kier molecular flexibility index (Phi) is 3.75. The summed E-state index contributed by atoms with van der Waals surface area (Å²) in [5.41, 5.74) is 3.30. The lowest BCUT2D eigenvalue weighted by Crippen LogP contribution is -2.34. The lowest BCUT2D eigenvalue weighted by molar-refractivity contribution is -0.121. The molecule has 2 N–H and O–H groups in total. The molecule has 0 spiro atoms. The number of carbonyl (C=O) groups is 1. The van der Waals surface area contributed by atoms with Crippen molar-refractivity contribution in [3.8, 4) is 5.75 Å². The number of rotatable bonds is 0. The molecule has 4 rings (SSSR count). The number of imidazole rings is 1. The van der Waals surface area contributed by atoms with E-state index in [2.05, 4.69) is 27.8 Å². The molecule has 0 saturated carbocycles. The molecule has 1 aromatic heterocycles. The molecule has 120 valence electrons. The Morgan fingerprint density at radius 2 is 2.26 bits per heavy atom. The van der Waals surface area contributed by atoms with Gasteiger partial charge in [0.2, 0.25) is 5.91 Å². The summed E-state index contributed by atoms with van der Waals surface area (Å²) in [6, 6.07) is 8.21. The molecule has 1 amide bonds. The number of amides is 1. The van der Waals surface area contributed by atoms with Crippen molar-refractivity contribution < 1.29 is 9.53 Å². The van der Waals surface area contributed by atoms with E-state index in [1.807, 2.05) is 16.7 Å². The average molecular weight is 312 g/mol. The van der Waals surface area contributed by atoms with Crippen LogP contribution < -0.4 is 15.4 Å². The third-order valence-corrected chi connectivity index (χ3v) is 4.36. The predicted molar refractivity (Wildman–Crippen MR) is 85.3 cm³/mol. The van der Waals surface area contributed by atoms with Gasteiger partial charge in [-0.15, -0.1) is 0 Å². The van der Waals surface area contributed by atoms with Gasteiger partial charge < -0.3 is 19.9 Å². The maximum Gasteiger partial charge on any atom is 0.239 e. The topological polar surface area (TPSA) is 68.2 Å². The number of aromatic nitrogens is 2. The Labute approximate surface area is 134 Å². The van der Waals surface area contributed by atoms with Crippen molar-refractivity contribution in [2.24, 2.45) is 0 Å². The molecule has 23 heavy (non-hydrogen) atoms. The summed E-state index contributed by atoms with van der Waals surface area (Å²) in [5, 5.41) is 6.49. The molecule has 6 nitrogen and oxygen atoms in total. The van der Waals surface area contributed by atoms with Crippen LogP contribution in [0.4, 0.5) is 0 Å². The van der Waals surface area contributed by atoms with Gasteiger partial charge >= 0.3 is 0 Å². The smallest absolute Gasteiger partial charge is 0.239 e. The number of ether oxygens (including phenoxy) is 1. The molecule has 2 aliphatic heterocycles. The van der Waals surface area contributed by atoms with Gasteiger partial charge in [0.1, 0.15) is 12.3 Å². The highest BCUT2D eigenvalue weighted by Crippen LogP contribution is 2.30. The van der Waals surface area contributed by atoms with Crippen LogP contribution in [0.3, 0.4) is 0 Å². The van der Waals surface area contributed by atoms with Crippen LogP contribution >= 0.6 is 0 Å². The summed E-state index contributed by atoms with van der Waals surface area (Å²) < 4.78 is 7.77. The van der Waals surface area contributed by atoms with Crippen LogP contribution in [0.25, 0.3) is 0 Å². The van der Waals surface area contributed by atoms with Crippen LogP contribution in [0, 0.1) is 0 Å². The molecule has 0 fully saturated rings. The Bertz CT molecular complexity index is 725. The normalized spacial score (nSPS) is 21.0. The fourth-order valence-corrected chi connectivity index (χ4v) is 3.28. The number of nitrogens with zero attached hydrogens (tertiary/aromatic N) is 2. The van der Waals surface area contributed by atoms with Gasteiger partial charge in [-0.1, -0.05) is 12.1 Å². The van der Waals surface area contributed by atoms with E-state index in [1.165, 1.54) is 0 Å². The van der Waals surface area contributed by atoms with Gasteiger partial charge in [0.25, 0.3) is 0 Å². The first kappa shape index (κ1) is 14.3. The van der Waals surface area contributed by atoms with E-state index in [0.29, 0.717) is 19.7 Å². The molecule has 0 radical (unpaired) electrons. The zero-order valence-corrected chi connectivity index (χ0v) is 12.9. The fourth-order valence-electron chi connectivity index (χ4n) is 3.28. The summed E-state index contributed by atoms with van der Waals surface area (Å²) in [5.74, 6) is 0.883. The molecule has 0 saturated heterocycles. The maximum absolute atomic E-state index is 12.1. The van der Waals surface area contributed by atoms with Crippen LogP contribution in [0.1, 0.15) is 29.4 Å². The van der Waals surface area contributed by atoms with Gasteiger partial charge in [-0.25, -0.2) is 4.98 Å². The van der Waals surface area contributed by atoms with Gasteiger partial charge in [-0.3, -0.25) is 4.79 Å². The lowest BCUT2D eigenvalue weighted by atomic mass is 9.97. The number of hydrogen-bond donors (Lipinski definition) is 2. The predicted octanol–water partition coefficient (Wildman–Crippen LogP) is 1.02. The first-order chi connectivity index (χ1) is 11.3. The Morgan fingerprint density at radius 1 is 1.30 bits per heavy atom. The molecule has 1 atom stereocenters. The Balaban J connectivity index is 1.78. The van der Waals surface area contributed by atoms with Crippen molar-refractivity contribution >= 4 is 5.91 Å². The van der Waals surface area contributed by atoms with Gasteiger partial charge in [0.15, 0.2) is 0 Å². The number of fused-ring (bicyclic) bond motifs is 3. The maximum atomic E-state index is 12.1. The van der Waals surface area contributed by atoms with Gasteiger partial charge in [-0.2, -0.15) is 0 Å². The third kappa shape index (κ3) is 2.82. The highest BCUT2D eigenvalue weighted by molar-refractivity contribution is 5.75. The average Bonchev–Trinajstić information content (AvgIpc) is 2.97. The molecule has 2 bridgehead atoms. The highest BCUT2D eigenvalue weighted by Gasteiger charge is 2.27. The monoisotopic (exact) mass is 312 g/mol. The van der Waals surface area contributed by atoms with Crippen LogP contribution in [-0.2, 0) is 17.8 Å². The fraction of sp³-hybridized carbons (Fsp3) is 0.412. The Hall–Kier alpha value is -2.34. The summed E-state index contributed by atoms with van der Waals surface area (Å²) in [7, 11) is 0. The molecule has 2 aromatic rings. The number of hydrogen-bond acceptors (Lipinski definition) is 4. The van der Waals surface area contributed by atoms with Crippen molar-refractivity contribution in [3.05, 3.63) is 47.5 Å². The van der Waals surface area contributed by atoms with Crippen molar-refractivity contribution in [2.75, 3.05) is 19.7 Å². The van der Waals surface area contributed by atoms with E-state index >= 15 is 0 Å². The second-order valence-corrected chi connectivity index (χ2v) is 5.97. The number of nitrogens with one attached hydrogen (secondary N) is 2. The summed E-state index contributed by atoms with van der Waals surface area (Å²) >= 11 is 0. The summed E-state index contributed by atoms with van der Waals surface area (Å²) in [6.45, 7) is 2.41. The van der Waals surface area contributed by atoms with Crippen molar-refractivity contribution in [2.45, 2.75) is 25.4 Å². The SMILES string of the molecule is O=C1Cn2cnc3c2C(NCC3)c2cccc(c2)OCCCN1. The zero-order valence-electron chi connectivity index (χ0n) is 12.9. The summed E-state index contributed by atoms with van der Waals surface area (Å²) in [4.78, 5) is 16.7. The molecule has 1 unspecified atom stereocenters. The molecular weight excluding hydrogens is 292 g/mol. The lowest BCUT2D eigenvalue weighted by Gasteiger charge is -2.26. The summed E-state index contributed by atoms with van der Waals surface area (Å²) in [6.07, 6.45) is 3.46. The van der Waals surface area contributed by atoms with Crippen LogP contribution in [-0.4, -0.2) is 35.2 Å². The number of benzene rings is 1. The Morgan fingerprint density at radius 3 is 3.22 bits per heavy atom. The standard InChI is InChI=1S/C17H20N4O2/c22-15-10-21-11-20-14-5-7-19-16(17(14)21)12-3-1-4-13(9-12)23-8-2-6-18-15/h1,3-4,9,11,16,19H,2,5-8,10H2,(H,18,22). The molecule has 1 aromatic carbocycles. The molecular formula is C17H20N4O2. The van der Waals surface area contributed by atoms with E-state index in [0.717, 1.165) is 42.1 Å². The van der Waals surface area contributed by atoms with Gasteiger partial charge in [0.05, 0.1) is 30.4 Å². The van der Waals surface area contributed by atoms with Crippen molar-refractivity contribution in [1.29, 1.82) is 0 Å². The quantitative estimate of drug-likeness (QED) is 0.762. The second kappa shape index (κ2) is 6.04. The molecule has 0 aliphatic carbocycles. The first-order valence-electron chi connectivity index (χ1n) is 8.08. The van der Waals surface area contributed by atoms with E-state index in [-0.39, 0.29) is 11.9 Å². The minimum atomic E-state index is 0.0143. The highest BCUT2D eigenvalue weighted by atomic mass is 16.5. The van der Waals surface area contributed by atoms with Gasteiger partial charge in [0, 0.05) is 19.5 Å². The van der Waals surface area contributed by atoms with Crippen molar-refractivity contribution in [1.82, 2.24) is 20.2 Å². The van der Waals surface area contributed by atoms with E-state index in [4.69, 9.17) is 4.74 Å². The van der Waals surface area contributed by atoms with E-state index in [9.17, 15) is 4.79 Å².